The van der Waals surface area contributed by atoms with Crippen LogP contribution in [0.2, 0.25) is 0 Å². The number of ether oxygens (including phenoxy) is 1. The molecule has 0 aliphatic carbocycles. The number of hydrogen-bond acceptors (Lipinski definition) is 5. The summed E-state index contributed by atoms with van der Waals surface area (Å²) in [5.74, 6) is -4.99. The van der Waals surface area contributed by atoms with Crippen molar-refractivity contribution in [3.63, 3.8) is 0 Å². The van der Waals surface area contributed by atoms with E-state index in [9.17, 15) is 24.3 Å². The zero-order valence-electron chi connectivity index (χ0n) is 13.7. The van der Waals surface area contributed by atoms with Gasteiger partial charge in [0.1, 0.15) is 17.7 Å². The third-order valence-electron chi connectivity index (χ3n) is 3.79. The van der Waals surface area contributed by atoms with E-state index in [1.165, 1.54) is 0 Å². The Bertz CT molecular complexity index is 787. The van der Waals surface area contributed by atoms with E-state index in [4.69, 9.17) is 10.3 Å². The zero-order chi connectivity index (χ0) is 19.3. The minimum absolute atomic E-state index is 0.386. The number of rotatable bonds is 8. The van der Waals surface area contributed by atoms with Crippen molar-refractivity contribution in [2.75, 3.05) is 6.61 Å². The number of Topliss-reactive ketones (excluding diaryl/α,β-unsaturated/α-hetero) is 1. The van der Waals surface area contributed by atoms with Gasteiger partial charge in [-0.05, 0) is 12.1 Å². The molecule has 10 nitrogen and oxygen atoms in total. The summed E-state index contributed by atoms with van der Waals surface area (Å²) < 4.78 is 5.24. The van der Waals surface area contributed by atoms with E-state index in [1.807, 2.05) is 0 Å². The number of para-hydroxylation sites is 1. The first-order valence-electron chi connectivity index (χ1n) is 7.58. The van der Waals surface area contributed by atoms with Crippen molar-refractivity contribution in [2.45, 2.75) is 19.0 Å². The van der Waals surface area contributed by atoms with Crippen LogP contribution in [0.15, 0.2) is 30.3 Å². The van der Waals surface area contributed by atoms with Gasteiger partial charge < -0.3 is 26.0 Å². The number of nitrogens with zero attached hydrogens (tertiary/aromatic N) is 2. The van der Waals surface area contributed by atoms with Gasteiger partial charge in [0.25, 0.3) is 11.7 Å². The maximum atomic E-state index is 12.0. The average Bonchev–Trinajstić information content (AvgIpc) is 2.63. The summed E-state index contributed by atoms with van der Waals surface area (Å²) in [7, 11) is 0. The molecule has 0 radical (unpaired) electrons. The second kappa shape index (κ2) is 8.04. The van der Waals surface area contributed by atoms with Gasteiger partial charge in [-0.2, -0.15) is 4.79 Å². The summed E-state index contributed by atoms with van der Waals surface area (Å²) >= 11 is 0. The molecule has 3 N–H and O–H groups in total. The topological polar surface area (TPSA) is 158 Å². The van der Waals surface area contributed by atoms with Gasteiger partial charge >= 0.3 is 11.7 Å². The Morgan fingerprint density at radius 1 is 1.35 bits per heavy atom. The van der Waals surface area contributed by atoms with Crippen molar-refractivity contribution in [3.8, 4) is 5.75 Å². The van der Waals surface area contributed by atoms with Gasteiger partial charge in [0, 0.05) is 6.92 Å². The summed E-state index contributed by atoms with van der Waals surface area (Å²) in [4.78, 5) is 49.8. The Kier molecular flexibility index (Phi) is 5.82. The standard InChI is InChI=1S/C16H16N4O6/c1-8(20-17)14(22)11(16(24)25)12-13(15(23)19-12)18-10(21)7-26-9-5-3-2-4-6-9/h2-6,11-13H,7H2,1H3,(H,18,21)(H,19,23)(H,24,25). The van der Waals surface area contributed by atoms with Gasteiger partial charge in [-0.15, -0.1) is 0 Å². The van der Waals surface area contributed by atoms with Crippen LogP contribution in [0.25, 0.3) is 5.53 Å². The Balaban J connectivity index is 2.02. The van der Waals surface area contributed by atoms with Gasteiger partial charge in [0.15, 0.2) is 6.61 Å². The van der Waals surface area contributed by atoms with E-state index >= 15 is 0 Å². The van der Waals surface area contributed by atoms with Crippen molar-refractivity contribution >= 4 is 29.3 Å². The molecule has 1 aliphatic heterocycles. The van der Waals surface area contributed by atoms with Crippen molar-refractivity contribution in [1.29, 1.82) is 0 Å². The van der Waals surface area contributed by atoms with Crippen LogP contribution in [0.5, 0.6) is 5.75 Å². The van der Waals surface area contributed by atoms with Gasteiger partial charge in [0.05, 0.1) is 6.04 Å². The Labute approximate surface area is 147 Å². The highest BCUT2D eigenvalue weighted by Crippen LogP contribution is 2.19. The van der Waals surface area contributed by atoms with Gasteiger partial charge in [-0.1, -0.05) is 18.2 Å². The Morgan fingerprint density at radius 2 is 2.00 bits per heavy atom. The van der Waals surface area contributed by atoms with Crippen LogP contribution in [0.1, 0.15) is 6.92 Å². The van der Waals surface area contributed by atoms with E-state index in [0.717, 1.165) is 6.92 Å². The van der Waals surface area contributed by atoms with Gasteiger partial charge in [-0.25, -0.2) is 0 Å². The first kappa shape index (κ1) is 18.8. The fourth-order valence-electron chi connectivity index (χ4n) is 2.42. The molecule has 1 aromatic rings. The Hall–Kier alpha value is -3.52. The van der Waals surface area contributed by atoms with Gasteiger partial charge in [0.2, 0.25) is 5.91 Å². The largest absolute Gasteiger partial charge is 0.484 e. The molecule has 26 heavy (non-hydrogen) atoms. The molecule has 1 aromatic carbocycles. The number of benzene rings is 1. The lowest BCUT2D eigenvalue weighted by molar-refractivity contribution is -0.152. The molecule has 0 bridgehead atoms. The van der Waals surface area contributed by atoms with E-state index in [1.54, 1.807) is 30.3 Å². The number of carbonyl (C=O) groups excluding carboxylic acids is 3. The second-order valence-corrected chi connectivity index (χ2v) is 5.55. The molecule has 1 saturated heterocycles. The molecule has 2 rings (SSSR count). The lowest BCUT2D eigenvalue weighted by Crippen LogP contribution is -2.73. The lowest BCUT2D eigenvalue weighted by Gasteiger charge is -2.39. The van der Waals surface area contributed by atoms with Crippen molar-refractivity contribution in [1.82, 2.24) is 10.6 Å². The van der Waals surface area contributed by atoms with E-state index in [2.05, 4.69) is 15.4 Å². The third kappa shape index (κ3) is 4.11. The molecule has 1 heterocycles. The quantitative estimate of drug-likeness (QED) is 0.177. The maximum Gasteiger partial charge on any atom is 0.332 e. The maximum absolute atomic E-state index is 12.0. The number of amides is 2. The summed E-state index contributed by atoms with van der Waals surface area (Å²) in [6.07, 6.45) is 0. The zero-order valence-corrected chi connectivity index (χ0v) is 13.7. The van der Waals surface area contributed by atoms with E-state index in [0.29, 0.717) is 5.75 Å². The number of carboxylic acids is 1. The summed E-state index contributed by atoms with van der Waals surface area (Å²) in [6, 6.07) is 6.12. The van der Waals surface area contributed by atoms with Crippen LogP contribution in [0.3, 0.4) is 0 Å². The number of carboxylic acid groups (broad SMARTS) is 1. The molecule has 1 fully saturated rings. The number of hydrogen-bond donors (Lipinski definition) is 3. The molecular weight excluding hydrogens is 344 g/mol. The van der Waals surface area contributed by atoms with Crippen LogP contribution in [0.4, 0.5) is 0 Å². The molecule has 136 valence electrons. The molecule has 0 aromatic heterocycles. The van der Waals surface area contributed by atoms with Crippen molar-refractivity contribution < 1.29 is 33.8 Å². The van der Waals surface area contributed by atoms with Crippen LogP contribution in [-0.2, 0) is 19.2 Å². The lowest BCUT2D eigenvalue weighted by atomic mass is 9.82. The number of β-lactam (4-membered cyclic amide) rings is 1. The first-order chi connectivity index (χ1) is 12.3. The normalized spacial score (nSPS) is 19.2. The van der Waals surface area contributed by atoms with E-state index < -0.39 is 47.3 Å². The molecule has 10 heteroatoms. The average molecular weight is 360 g/mol. The summed E-state index contributed by atoms with van der Waals surface area (Å²) in [5, 5.41) is 13.9. The predicted molar refractivity (Wildman–Crippen MR) is 86.2 cm³/mol. The first-order valence-corrected chi connectivity index (χ1v) is 7.58. The fourth-order valence-corrected chi connectivity index (χ4v) is 2.42. The molecule has 0 spiro atoms. The van der Waals surface area contributed by atoms with Crippen molar-refractivity contribution in [3.05, 3.63) is 35.9 Å². The molecular formula is C16H16N4O6. The molecule has 3 atom stereocenters. The highest BCUT2D eigenvalue weighted by molar-refractivity contribution is 6.40. The van der Waals surface area contributed by atoms with Crippen LogP contribution in [-0.4, -0.2) is 57.9 Å². The molecule has 2 amide bonds. The third-order valence-corrected chi connectivity index (χ3v) is 3.79. The molecule has 0 saturated carbocycles. The van der Waals surface area contributed by atoms with Gasteiger partial charge in [-0.3, -0.25) is 19.2 Å². The smallest absolute Gasteiger partial charge is 0.332 e. The Morgan fingerprint density at radius 3 is 2.54 bits per heavy atom. The number of carbonyl (C=O) groups is 4. The molecule has 3 unspecified atom stereocenters. The fraction of sp³-hybridized carbons (Fsp3) is 0.312. The summed E-state index contributed by atoms with van der Waals surface area (Å²) in [6.45, 7) is 0.753. The van der Waals surface area contributed by atoms with Crippen molar-refractivity contribution in [2.24, 2.45) is 5.92 Å². The summed E-state index contributed by atoms with van der Waals surface area (Å²) in [5.41, 5.74) is 8.23. The van der Waals surface area contributed by atoms with E-state index in [-0.39, 0.29) is 6.61 Å². The minimum Gasteiger partial charge on any atom is -0.484 e. The van der Waals surface area contributed by atoms with Crippen LogP contribution in [0, 0.1) is 5.92 Å². The highest BCUT2D eigenvalue weighted by Gasteiger charge is 2.52. The second-order valence-electron chi connectivity index (χ2n) is 5.55. The molecule has 1 aliphatic rings. The SMILES string of the molecule is CC(=[N+]=[N-])C(=O)C(C(=O)O)C1NC(=O)C1NC(=O)COc1ccccc1. The van der Waals surface area contributed by atoms with Crippen LogP contribution >= 0.6 is 0 Å². The highest BCUT2D eigenvalue weighted by atomic mass is 16.5. The number of nitrogens with one attached hydrogen (secondary N) is 2. The number of aliphatic carboxylic acids is 1. The monoisotopic (exact) mass is 360 g/mol. The van der Waals surface area contributed by atoms with Crippen LogP contribution < -0.4 is 15.4 Å². The minimum atomic E-state index is -1.69. The predicted octanol–water partition coefficient (Wildman–Crippen LogP) is -0.991. The number of ketones is 1.